The number of fused-ring (bicyclic) bond motifs is 15. The molecule has 0 atom stereocenters. The summed E-state index contributed by atoms with van der Waals surface area (Å²) in [4.78, 5) is 0. The number of anilines is 2. The zero-order valence-electron chi connectivity index (χ0n) is 40.5. The molecule has 2 nitrogen and oxygen atoms in total. The molecular formula is C63H54BN2S2. The molecule has 0 fully saturated rings. The third-order valence-corrected chi connectivity index (χ3v) is 18.9. The third kappa shape index (κ3) is 5.64. The largest absolute Gasteiger partial charge is 0.355 e. The van der Waals surface area contributed by atoms with Crippen LogP contribution in [-0.4, -0.2) is 11.8 Å². The third-order valence-electron chi connectivity index (χ3n) is 16.6. The molecule has 0 saturated carbocycles. The van der Waals surface area contributed by atoms with Gasteiger partial charge >= 0.3 is 0 Å². The molecule has 0 spiro atoms. The number of nitrogens with zero attached hydrogens (tertiary/aromatic N) is 1. The van der Waals surface area contributed by atoms with Crippen molar-refractivity contribution in [3.05, 3.63) is 161 Å². The first-order chi connectivity index (χ1) is 32.5. The van der Waals surface area contributed by atoms with Crippen molar-refractivity contribution in [3.63, 3.8) is 0 Å². The van der Waals surface area contributed by atoms with E-state index in [1.54, 1.807) is 0 Å². The van der Waals surface area contributed by atoms with Gasteiger partial charge in [-0.15, -0.1) is 22.7 Å². The van der Waals surface area contributed by atoms with Crippen molar-refractivity contribution in [1.29, 1.82) is 0 Å². The Morgan fingerprint density at radius 2 is 1.12 bits per heavy atom. The molecule has 331 valence electrons. The number of thiophene rings is 2. The highest BCUT2D eigenvalue weighted by Gasteiger charge is 2.43. The summed E-state index contributed by atoms with van der Waals surface area (Å²) < 4.78 is 7.95. The summed E-state index contributed by atoms with van der Waals surface area (Å²) in [5.74, 6) is 0. The Labute approximate surface area is 407 Å². The summed E-state index contributed by atoms with van der Waals surface area (Å²) in [5.41, 5.74) is 21.2. The highest BCUT2D eigenvalue weighted by molar-refractivity contribution is 7.26. The molecular weight excluding hydrogens is 860 g/mol. The minimum absolute atomic E-state index is 0.0692. The number of rotatable bonds is 3. The zero-order chi connectivity index (χ0) is 46.4. The standard InChI is InChI=1S/C63H54BN2S2/c1-60(2,3)34-18-20-35(21-19-34)65-51-29-41-40-26-48-49(62(6,7)25-24-61(48,4)5)32-47(40)63(8,9)46(41)27-42(51)38-22-23-39-43-31-56-45(37-15-11-13-17-55(37)67-56)30-52(43)66-53-33-57-44(28-50(53)64-58(38)59(39)66)36-14-10-12-16-54(36)68-57/h10-23,26-33,65H,24-25H2,1-9H3. The van der Waals surface area contributed by atoms with Gasteiger partial charge in [-0.05, 0) is 145 Å². The lowest BCUT2D eigenvalue weighted by molar-refractivity contribution is 0.331. The second-order valence-corrected chi connectivity index (χ2v) is 25.3. The normalized spacial score (nSPS) is 16.4. The number of hydrogen-bond acceptors (Lipinski definition) is 3. The monoisotopic (exact) mass is 913 g/mol. The molecule has 4 heterocycles. The molecule has 3 aliphatic rings. The molecule has 1 radical (unpaired) electrons. The molecule has 1 N–H and O–H groups in total. The Bertz CT molecular complexity index is 4030. The van der Waals surface area contributed by atoms with Crippen LogP contribution < -0.4 is 16.2 Å². The molecule has 5 heteroatoms. The van der Waals surface area contributed by atoms with Crippen LogP contribution >= 0.6 is 22.7 Å². The highest BCUT2D eigenvalue weighted by Crippen LogP contribution is 2.56. The molecule has 11 aromatic rings. The molecule has 2 aliphatic carbocycles. The van der Waals surface area contributed by atoms with Gasteiger partial charge in [0.2, 0.25) is 0 Å². The minimum atomic E-state index is -0.189. The van der Waals surface area contributed by atoms with Crippen molar-refractivity contribution in [1.82, 2.24) is 4.57 Å². The number of nitrogens with one attached hydrogen (secondary N) is 1. The van der Waals surface area contributed by atoms with Gasteiger partial charge in [-0.3, -0.25) is 0 Å². The Hall–Kier alpha value is -6.14. The van der Waals surface area contributed by atoms with Gasteiger partial charge in [-0.1, -0.05) is 141 Å². The summed E-state index contributed by atoms with van der Waals surface area (Å²) in [6.45, 7) is 21.6. The molecule has 0 saturated heterocycles. The van der Waals surface area contributed by atoms with E-state index >= 15 is 0 Å². The number of hydrogen-bond donors (Lipinski definition) is 1. The maximum absolute atomic E-state index is 4.07. The van der Waals surface area contributed by atoms with E-state index < -0.39 is 0 Å². The number of benzene rings is 8. The van der Waals surface area contributed by atoms with Crippen LogP contribution in [0, 0.1) is 0 Å². The van der Waals surface area contributed by atoms with Gasteiger partial charge in [-0.2, -0.15) is 0 Å². The summed E-state index contributed by atoms with van der Waals surface area (Å²) >= 11 is 3.81. The first kappa shape index (κ1) is 40.9. The predicted octanol–water partition coefficient (Wildman–Crippen LogP) is 16.9. The molecule has 0 amide bonds. The SMILES string of the molecule is CC(C)(C)c1ccc(Nc2cc3c(cc2-c2ccc4c5cc6sc7ccccc7c6cc5n5c4c2[B]c2cc4c(cc2-5)sc2ccccc24)C(C)(C)c2cc4c(cc2-3)C(C)(C)CCC4(C)C)cc1. The van der Waals surface area contributed by atoms with Crippen molar-refractivity contribution in [3.8, 4) is 27.9 Å². The van der Waals surface area contributed by atoms with Crippen molar-refractivity contribution in [2.24, 2.45) is 0 Å². The van der Waals surface area contributed by atoms with E-state index in [-0.39, 0.29) is 21.7 Å². The van der Waals surface area contributed by atoms with Crippen molar-refractivity contribution in [2.45, 2.75) is 96.8 Å². The summed E-state index contributed by atoms with van der Waals surface area (Å²) in [5, 5.41) is 12.0. The van der Waals surface area contributed by atoms with E-state index in [2.05, 4.69) is 213 Å². The fourth-order valence-electron chi connectivity index (χ4n) is 12.6. The van der Waals surface area contributed by atoms with Crippen LogP contribution in [0.5, 0.6) is 0 Å². The Kier molecular flexibility index (Phi) is 8.15. The highest BCUT2D eigenvalue weighted by atomic mass is 32.1. The molecule has 1 aliphatic heterocycles. The van der Waals surface area contributed by atoms with Gasteiger partial charge in [0.25, 0.3) is 0 Å². The maximum atomic E-state index is 4.07. The summed E-state index contributed by atoms with van der Waals surface area (Å²) in [6, 6.07) is 52.0. The van der Waals surface area contributed by atoms with Crippen LogP contribution in [-0.2, 0) is 21.7 Å². The van der Waals surface area contributed by atoms with E-state index in [0.717, 1.165) is 11.4 Å². The van der Waals surface area contributed by atoms with Crippen LogP contribution in [0.25, 0.3) is 90.1 Å². The van der Waals surface area contributed by atoms with Crippen LogP contribution in [0.2, 0.25) is 0 Å². The Morgan fingerprint density at radius 3 is 1.81 bits per heavy atom. The fourth-order valence-corrected chi connectivity index (χ4v) is 14.8. The Morgan fingerprint density at radius 1 is 0.515 bits per heavy atom. The van der Waals surface area contributed by atoms with Gasteiger partial charge in [0.15, 0.2) is 7.28 Å². The molecule has 0 bridgehead atoms. The van der Waals surface area contributed by atoms with Gasteiger partial charge in [0.1, 0.15) is 0 Å². The Balaban J connectivity index is 1.05. The summed E-state index contributed by atoms with van der Waals surface area (Å²) in [6.07, 6.45) is 2.40. The molecule has 3 aromatic heterocycles. The maximum Gasteiger partial charge on any atom is 0.197 e. The van der Waals surface area contributed by atoms with Gasteiger partial charge in [0.05, 0.1) is 5.52 Å². The predicted molar refractivity (Wildman–Crippen MR) is 298 cm³/mol. The van der Waals surface area contributed by atoms with E-state index in [9.17, 15) is 0 Å². The van der Waals surface area contributed by atoms with Crippen LogP contribution in [0.3, 0.4) is 0 Å². The van der Waals surface area contributed by atoms with E-state index in [1.165, 1.54) is 142 Å². The quantitative estimate of drug-likeness (QED) is 0.175. The van der Waals surface area contributed by atoms with Crippen molar-refractivity contribution in [2.75, 3.05) is 5.32 Å². The van der Waals surface area contributed by atoms with Crippen LogP contribution in [0.4, 0.5) is 11.4 Å². The topological polar surface area (TPSA) is 17.0 Å². The van der Waals surface area contributed by atoms with E-state index in [0.29, 0.717) is 0 Å². The van der Waals surface area contributed by atoms with E-state index in [4.69, 9.17) is 0 Å². The van der Waals surface area contributed by atoms with Gasteiger partial charge < -0.3 is 9.88 Å². The van der Waals surface area contributed by atoms with Crippen molar-refractivity contribution >= 4 is 114 Å². The smallest absolute Gasteiger partial charge is 0.197 e. The fraction of sp³-hybridized carbons (Fsp3) is 0.238. The van der Waals surface area contributed by atoms with Crippen LogP contribution in [0.1, 0.15) is 103 Å². The van der Waals surface area contributed by atoms with Gasteiger partial charge in [-0.25, -0.2) is 0 Å². The lowest BCUT2D eigenvalue weighted by atomic mass is 9.59. The molecule has 14 rings (SSSR count). The van der Waals surface area contributed by atoms with E-state index in [1.807, 2.05) is 22.7 Å². The van der Waals surface area contributed by atoms with Gasteiger partial charge in [0, 0.05) is 79.3 Å². The molecule has 68 heavy (non-hydrogen) atoms. The first-order valence-electron chi connectivity index (χ1n) is 24.5. The molecule has 0 unspecified atom stereocenters. The number of aromatic nitrogens is 1. The zero-order valence-corrected chi connectivity index (χ0v) is 42.1. The average molecular weight is 914 g/mol. The minimum Gasteiger partial charge on any atom is -0.355 e. The van der Waals surface area contributed by atoms with Crippen molar-refractivity contribution < 1.29 is 0 Å². The van der Waals surface area contributed by atoms with Crippen LogP contribution in [0.15, 0.2) is 133 Å². The lowest BCUT2D eigenvalue weighted by Gasteiger charge is -2.42. The average Bonchev–Trinajstić information content (AvgIpc) is 4.02. The lowest BCUT2D eigenvalue weighted by Crippen LogP contribution is -2.37. The second kappa shape index (κ2) is 13.6. The molecule has 8 aromatic carbocycles. The summed E-state index contributed by atoms with van der Waals surface area (Å²) in [7, 11) is 2.52. The second-order valence-electron chi connectivity index (χ2n) is 23.1. The first-order valence-corrected chi connectivity index (χ1v) is 26.2.